The fourth-order valence-electron chi connectivity index (χ4n) is 1.50. The SMILES string of the molecule is N[C@@H](CO)c1cc2c(cc1[N+](=O)[O-])OCO2. The highest BCUT2D eigenvalue weighted by atomic mass is 16.7. The van der Waals surface area contributed by atoms with E-state index >= 15 is 0 Å². The maximum atomic E-state index is 10.8. The van der Waals surface area contributed by atoms with Gasteiger partial charge in [-0.15, -0.1) is 0 Å². The van der Waals surface area contributed by atoms with Crippen molar-refractivity contribution in [2.45, 2.75) is 6.04 Å². The van der Waals surface area contributed by atoms with Crippen molar-refractivity contribution in [3.63, 3.8) is 0 Å². The molecule has 16 heavy (non-hydrogen) atoms. The summed E-state index contributed by atoms with van der Waals surface area (Å²) >= 11 is 0. The van der Waals surface area contributed by atoms with E-state index in [9.17, 15) is 10.1 Å². The average molecular weight is 226 g/mol. The van der Waals surface area contributed by atoms with E-state index in [-0.39, 0.29) is 24.7 Å². The number of rotatable bonds is 3. The van der Waals surface area contributed by atoms with Crippen molar-refractivity contribution >= 4 is 5.69 Å². The molecule has 0 spiro atoms. The van der Waals surface area contributed by atoms with Gasteiger partial charge in [0.15, 0.2) is 11.5 Å². The Morgan fingerprint density at radius 3 is 2.69 bits per heavy atom. The van der Waals surface area contributed by atoms with Crippen molar-refractivity contribution in [2.24, 2.45) is 5.73 Å². The fraction of sp³-hybridized carbons (Fsp3) is 0.333. The zero-order valence-electron chi connectivity index (χ0n) is 8.25. The molecular weight excluding hydrogens is 216 g/mol. The molecule has 0 saturated heterocycles. The number of fused-ring (bicyclic) bond motifs is 1. The van der Waals surface area contributed by atoms with Crippen LogP contribution >= 0.6 is 0 Å². The Hall–Kier alpha value is -1.86. The summed E-state index contributed by atoms with van der Waals surface area (Å²) in [4.78, 5) is 10.3. The van der Waals surface area contributed by atoms with Crippen molar-refractivity contribution < 1.29 is 19.5 Å². The van der Waals surface area contributed by atoms with Crippen LogP contribution in [0, 0.1) is 10.1 Å². The van der Waals surface area contributed by atoms with E-state index < -0.39 is 11.0 Å². The maximum Gasteiger partial charge on any atom is 0.278 e. The number of ether oxygens (including phenoxy) is 2. The van der Waals surface area contributed by atoms with E-state index in [4.69, 9.17) is 20.3 Å². The number of nitro groups is 1. The Morgan fingerprint density at radius 2 is 2.12 bits per heavy atom. The van der Waals surface area contributed by atoms with Gasteiger partial charge < -0.3 is 20.3 Å². The van der Waals surface area contributed by atoms with Crippen LogP contribution < -0.4 is 15.2 Å². The third-order valence-corrected chi connectivity index (χ3v) is 2.31. The molecule has 1 atom stereocenters. The Bertz CT molecular complexity index is 434. The Balaban J connectivity index is 2.53. The maximum absolute atomic E-state index is 10.8. The van der Waals surface area contributed by atoms with E-state index in [2.05, 4.69) is 0 Å². The summed E-state index contributed by atoms with van der Waals surface area (Å²) in [5.74, 6) is 0.727. The molecule has 7 nitrogen and oxygen atoms in total. The van der Waals surface area contributed by atoms with Crippen molar-refractivity contribution in [3.05, 3.63) is 27.8 Å². The van der Waals surface area contributed by atoms with Crippen LogP contribution in [0.15, 0.2) is 12.1 Å². The first-order chi connectivity index (χ1) is 7.63. The van der Waals surface area contributed by atoms with Gasteiger partial charge in [-0.3, -0.25) is 10.1 Å². The number of hydrogen-bond acceptors (Lipinski definition) is 6. The van der Waals surface area contributed by atoms with Gasteiger partial charge in [-0.05, 0) is 6.07 Å². The third-order valence-electron chi connectivity index (χ3n) is 2.31. The summed E-state index contributed by atoms with van der Waals surface area (Å²) in [6.07, 6.45) is 0. The molecule has 7 heteroatoms. The number of nitro benzene ring substituents is 1. The number of aliphatic hydroxyl groups is 1. The summed E-state index contributed by atoms with van der Waals surface area (Å²) in [5, 5.41) is 19.7. The quantitative estimate of drug-likeness (QED) is 0.567. The lowest BCUT2D eigenvalue weighted by atomic mass is 10.1. The minimum absolute atomic E-state index is 0.0320. The Morgan fingerprint density at radius 1 is 1.50 bits per heavy atom. The first kappa shape index (κ1) is 10.7. The molecule has 0 aromatic heterocycles. The van der Waals surface area contributed by atoms with Gasteiger partial charge >= 0.3 is 0 Å². The molecule has 0 amide bonds. The largest absolute Gasteiger partial charge is 0.454 e. The third kappa shape index (κ3) is 1.66. The van der Waals surface area contributed by atoms with Gasteiger partial charge in [-0.2, -0.15) is 0 Å². The zero-order chi connectivity index (χ0) is 11.7. The second-order valence-electron chi connectivity index (χ2n) is 3.31. The van der Waals surface area contributed by atoms with Gasteiger partial charge in [0.05, 0.1) is 29.2 Å². The fourth-order valence-corrected chi connectivity index (χ4v) is 1.50. The summed E-state index contributed by atoms with van der Waals surface area (Å²) in [6.45, 7) is -0.342. The molecule has 1 aliphatic rings. The molecule has 0 unspecified atom stereocenters. The monoisotopic (exact) mass is 226 g/mol. The average Bonchev–Trinajstić information content (AvgIpc) is 2.73. The number of nitrogens with two attached hydrogens (primary N) is 1. The van der Waals surface area contributed by atoms with Gasteiger partial charge in [0.25, 0.3) is 5.69 Å². The molecule has 0 fully saturated rings. The number of benzene rings is 1. The minimum atomic E-state index is -0.810. The van der Waals surface area contributed by atoms with Crippen LogP contribution in [0.3, 0.4) is 0 Å². The van der Waals surface area contributed by atoms with Crippen molar-refractivity contribution in [3.8, 4) is 11.5 Å². The molecule has 2 rings (SSSR count). The lowest BCUT2D eigenvalue weighted by molar-refractivity contribution is -0.385. The van der Waals surface area contributed by atoms with Crippen LogP contribution in [0.1, 0.15) is 11.6 Å². The number of hydrogen-bond donors (Lipinski definition) is 2. The van der Waals surface area contributed by atoms with E-state index in [1.807, 2.05) is 0 Å². The van der Waals surface area contributed by atoms with Crippen LogP contribution in [0.2, 0.25) is 0 Å². The predicted octanol–water partition coefficient (Wildman–Crippen LogP) is 0.316. The molecule has 0 bridgehead atoms. The lowest BCUT2D eigenvalue weighted by Crippen LogP contribution is -2.16. The first-order valence-corrected chi connectivity index (χ1v) is 4.58. The molecule has 1 aromatic carbocycles. The van der Waals surface area contributed by atoms with Crippen LogP contribution in [0.5, 0.6) is 11.5 Å². The molecule has 0 radical (unpaired) electrons. The number of aliphatic hydroxyl groups excluding tert-OH is 1. The van der Waals surface area contributed by atoms with Gasteiger partial charge in [-0.25, -0.2) is 0 Å². The zero-order valence-corrected chi connectivity index (χ0v) is 8.25. The van der Waals surface area contributed by atoms with Crippen molar-refractivity contribution in [2.75, 3.05) is 13.4 Å². The lowest BCUT2D eigenvalue weighted by Gasteiger charge is -2.09. The van der Waals surface area contributed by atoms with E-state index in [1.165, 1.54) is 12.1 Å². The molecule has 0 saturated carbocycles. The van der Waals surface area contributed by atoms with E-state index in [1.54, 1.807) is 0 Å². The predicted molar refractivity (Wildman–Crippen MR) is 53.2 cm³/mol. The van der Waals surface area contributed by atoms with Gasteiger partial charge in [0.2, 0.25) is 6.79 Å². The molecule has 1 aromatic rings. The van der Waals surface area contributed by atoms with Crippen LogP contribution in [-0.2, 0) is 0 Å². The molecule has 1 heterocycles. The van der Waals surface area contributed by atoms with Gasteiger partial charge in [-0.1, -0.05) is 0 Å². The highest BCUT2D eigenvalue weighted by molar-refractivity contribution is 5.56. The molecule has 0 aliphatic carbocycles. The van der Waals surface area contributed by atoms with Gasteiger partial charge in [0, 0.05) is 0 Å². The molecule has 86 valence electrons. The summed E-state index contributed by atoms with van der Waals surface area (Å²) < 4.78 is 10.1. The normalized spacial score (nSPS) is 14.9. The van der Waals surface area contributed by atoms with Crippen LogP contribution in [0.25, 0.3) is 0 Å². The second-order valence-corrected chi connectivity index (χ2v) is 3.31. The highest BCUT2D eigenvalue weighted by Gasteiger charge is 2.26. The summed E-state index contributed by atoms with van der Waals surface area (Å²) in [5.41, 5.74) is 5.63. The molecule has 3 N–H and O–H groups in total. The van der Waals surface area contributed by atoms with Crippen LogP contribution in [0.4, 0.5) is 5.69 Å². The minimum Gasteiger partial charge on any atom is -0.454 e. The Labute approximate surface area is 90.5 Å². The first-order valence-electron chi connectivity index (χ1n) is 4.58. The summed E-state index contributed by atoms with van der Waals surface area (Å²) in [7, 11) is 0. The standard InChI is InChI=1S/C9H10N2O5/c10-6(3-12)5-1-8-9(16-4-15-8)2-7(5)11(13)14/h1-2,6,12H,3-4,10H2/t6-/m0/s1. The van der Waals surface area contributed by atoms with E-state index in [0.29, 0.717) is 11.5 Å². The smallest absolute Gasteiger partial charge is 0.278 e. The topological polar surface area (TPSA) is 108 Å². The van der Waals surface area contributed by atoms with Gasteiger partial charge in [0.1, 0.15) is 0 Å². The van der Waals surface area contributed by atoms with Crippen molar-refractivity contribution in [1.29, 1.82) is 0 Å². The summed E-state index contributed by atoms with van der Waals surface area (Å²) in [6, 6.07) is 1.88. The number of nitrogens with zero attached hydrogens (tertiary/aromatic N) is 1. The second kappa shape index (κ2) is 3.95. The van der Waals surface area contributed by atoms with Crippen molar-refractivity contribution in [1.82, 2.24) is 0 Å². The van der Waals surface area contributed by atoms with E-state index in [0.717, 1.165) is 0 Å². The Kier molecular flexibility index (Phi) is 2.63. The van der Waals surface area contributed by atoms with Crippen LogP contribution in [-0.4, -0.2) is 23.4 Å². The molecular formula is C9H10N2O5. The molecule has 1 aliphatic heterocycles. The highest BCUT2D eigenvalue weighted by Crippen LogP contribution is 2.39.